The van der Waals surface area contributed by atoms with Crippen LogP contribution in [-0.2, 0) is 5.41 Å². The van der Waals surface area contributed by atoms with E-state index >= 15 is 0 Å². The molecule has 0 radical (unpaired) electrons. The molecule has 242 valence electrons. The van der Waals surface area contributed by atoms with Crippen molar-refractivity contribution in [3.8, 4) is 11.1 Å². The van der Waals surface area contributed by atoms with Gasteiger partial charge in [0, 0.05) is 22.5 Å². The van der Waals surface area contributed by atoms with Gasteiger partial charge in [-0.2, -0.15) is 0 Å². The molecule has 0 aliphatic heterocycles. The second-order valence-electron chi connectivity index (χ2n) is 13.0. The highest BCUT2D eigenvalue weighted by Crippen LogP contribution is 2.56. The van der Waals surface area contributed by atoms with Gasteiger partial charge in [-0.15, -0.1) is 0 Å². The van der Waals surface area contributed by atoms with Crippen LogP contribution in [0.15, 0.2) is 182 Å². The highest BCUT2D eigenvalue weighted by Gasteiger charge is 2.45. The lowest BCUT2D eigenvalue weighted by atomic mass is 9.67. The first-order chi connectivity index (χ1) is 25.1. The van der Waals surface area contributed by atoms with Gasteiger partial charge >= 0.3 is 0 Å². The van der Waals surface area contributed by atoms with Crippen molar-refractivity contribution in [2.24, 2.45) is 0 Å². The first-order valence-corrected chi connectivity index (χ1v) is 17.1. The first-order valence-electron chi connectivity index (χ1n) is 17.1. The monoisotopic (exact) mass is 656 g/mol. The lowest BCUT2D eigenvalue weighted by Crippen LogP contribution is -2.28. The van der Waals surface area contributed by atoms with E-state index in [1.54, 1.807) is 0 Å². The molecule has 51 heavy (non-hydrogen) atoms. The van der Waals surface area contributed by atoms with Crippen LogP contribution in [0.3, 0.4) is 0 Å². The number of amides is 2. The molecule has 0 fully saturated rings. The maximum Gasteiger partial charge on any atom is 0.255 e. The van der Waals surface area contributed by atoms with E-state index in [2.05, 4.69) is 83.4 Å². The summed E-state index contributed by atoms with van der Waals surface area (Å²) in [4.78, 5) is 26.7. The van der Waals surface area contributed by atoms with Gasteiger partial charge in [-0.25, -0.2) is 0 Å². The van der Waals surface area contributed by atoms with Crippen molar-refractivity contribution in [3.63, 3.8) is 0 Å². The minimum atomic E-state index is -0.616. The maximum atomic E-state index is 13.3. The van der Waals surface area contributed by atoms with Crippen molar-refractivity contribution in [1.82, 2.24) is 0 Å². The number of hydrogen-bond donors (Lipinski definition) is 2. The van der Waals surface area contributed by atoms with Crippen LogP contribution >= 0.6 is 0 Å². The van der Waals surface area contributed by atoms with E-state index in [1.165, 1.54) is 22.3 Å². The van der Waals surface area contributed by atoms with Crippen molar-refractivity contribution < 1.29 is 9.59 Å². The summed E-state index contributed by atoms with van der Waals surface area (Å²) >= 11 is 0. The van der Waals surface area contributed by atoms with Gasteiger partial charge in [0.2, 0.25) is 0 Å². The van der Waals surface area contributed by atoms with E-state index in [0.29, 0.717) is 11.1 Å². The number of carbonyl (C=O) groups excluding carboxylic acids is 2. The molecule has 2 amide bonds. The number of hydrogen-bond acceptors (Lipinski definition) is 2. The number of benzene rings is 8. The molecule has 0 bridgehead atoms. The van der Waals surface area contributed by atoms with Crippen LogP contribution in [0.1, 0.15) is 43.0 Å². The second-order valence-corrected chi connectivity index (χ2v) is 13.0. The first kappa shape index (κ1) is 30.3. The molecule has 0 spiro atoms. The van der Waals surface area contributed by atoms with Crippen LogP contribution in [0.4, 0.5) is 11.4 Å². The van der Waals surface area contributed by atoms with Gasteiger partial charge in [-0.05, 0) is 103 Å². The highest BCUT2D eigenvalue weighted by molar-refractivity contribution is 6.07. The summed E-state index contributed by atoms with van der Waals surface area (Å²) in [6.45, 7) is 0. The van der Waals surface area contributed by atoms with Crippen molar-refractivity contribution >= 4 is 44.7 Å². The van der Waals surface area contributed by atoms with Crippen molar-refractivity contribution in [3.05, 3.63) is 215 Å². The predicted molar refractivity (Wildman–Crippen MR) is 208 cm³/mol. The molecular formula is C47H32N2O2. The fourth-order valence-electron chi connectivity index (χ4n) is 7.70. The fourth-order valence-corrected chi connectivity index (χ4v) is 7.70. The standard InChI is InChI=1S/C47H32N2O2/c50-45(35-19-17-31-9-1-3-11-33(31)29-35)48-39-25-21-37(22-26-39)47(43-15-7-5-13-41(43)42-14-6-8-16-44(42)47)38-23-27-40(28-24-38)49-46(51)36-20-18-32-10-2-4-12-34(32)30-36/h1-30H,(H,48,50)(H,49,51). The lowest BCUT2D eigenvalue weighted by Gasteiger charge is -2.34. The SMILES string of the molecule is O=C(Nc1ccc(C2(c3ccc(NC(=O)c4ccc5ccccc5c4)cc3)c3ccccc3-c3ccccc32)cc1)c1ccc2ccccc2c1. The third-order valence-electron chi connectivity index (χ3n) is 10.1. The van der Waals surface area contributed by atoms with E-state index in [-0.39, 0.29) is 11.8 Å². The van der Waals surface area contributed by atoms with Crippen LogP contribution in [0, 0.1) is 0 Å². The molecule has 0 heterocycles. The smallest absolute Gasteiger partial charge is 0.255 e. The molecule has 0 atom stereocenters. The Hall–Kier alpha value is -6.78. The quantitative estimate of drug-likeness (QED) is 0.187. The normalized spacial score (nSPS) is 12.6. The number of anilines is 2. The summed E-state index contributed by atoms with van der Waals surface area (Å²) < 4.78 is 0. The molecule has 0 saturated carbocycles. The molecule has 4 nitrogen and oxygen atoms in total. The summed E-state index contributed by atoms with van der Waals surface area (Å²) in [6, 6.07) is 61.1. The second kappa shape index (κ2) is 12.3. The highest BCUT2D eigenvalue weighted by atomic mass is 16.2. The van der Waals surface area contributed by atoms with E-state index in [4.69, 9.17) is 0 Å². The van der Waals surface area contributed by atoms with Gasteiger partial charge in [-0.1, -0.05) is 133 Å². The van der Waals surface area contributed by atoms with Gasteiger partial charge in [0.05, 0.1) is 5.41 Å². The molecule has 8 aromatic rings. The van der Waals surface area contributed by atoms with Crippen molar-refractivity contribution in [1.29, 1.82) is 0 Å². The number of rotatable bonds is 6. The van der Waals surface area contributed by atoms with Gasteiger partial charge in [0.25, 0.3) is 11.8 Å². The Balaban J connectivity index is 1.07. The summed E-state index contributed by atoms with van der Waals surface area (Å²) in [5, 5.41) is 10.5. The van der Waals surface area contributed by atoms with Gasteiger partial charge in [0.1, 0.15) is 0 Å². The molecule has 1 aliphatic carbocycles. The average molecular weight is 657 g/mol. The van der Waals surface area contributed by atoms with E-state index in [9.17, 15) is 9.59 Å². The van der Waals surface area contributed by atoms with Gasteiger partial charge in [0.15, 0.2) is 0 Å². The average Bonchev–Trinajstić information content (AvgIpc) is 3.49. The van der Waals surface area contributed by atoms with E-state index < -0.39 is 5.41 Å². The molecule has 0 unspecified atom stereocenters. The maximum absolute atomic E-state index is 13.3. The summed E-state index contributed by atoms with van der Waals surface area (Å²) in [5.74, 6) is -0.304. The van der Waals surface area contributed by atoms with Crippen molar-refractivity contribution in [2.45, 2.75) is 5.41 Å². The van der Waals surface area contributed by atoms with E-state index in [1.807, 2.05) is 109 Å². The Morgan fingerprint density at radius 2 is 0.745 bits per heavy atom. The zero-order valence-electron chi connectivity index (χ0n) is 27.6. The topological polar surface area (TPSA) is 58.2 Å². The summed E-state index contributed by atoms with van der Waals surface area (Å²) in [7, 11) is 0. The minimum absolute atomic E-state index is 0.152. The molecule has 8 aromatic carbocycles. The zero-order valence-corrected chi connectivity index (χ0v) is 27.6. The molecule has 2 N–H and O–H groups in total. The van der Waals surface area contributed by atoms with Crippen LogP contribution < -0.4 is 10.6 Å². The molecular weight excluding hydrogens is 625 g/mol. The molecule has 4 heteroatoms. The lowest BCUT2D eigenvalue weighted by molar-refractivity contribution is 0.101. The van der Waals surface area contributed by atoms with Crippen LogP contribution in [0.5, 0.6) is 0 Å². The number of fused-ring (bicyclic) bond motifs is 5. The van der Waals surface area contributed by atoms with Gasteiger partial charge in [-0.3, -0.25) is 9.59 Å². The van der Waals surface area contributed by atoms with E-state index in [0.717, 1.165) is 44.0 Å². The fraction of sp³-hybridized carbons (Fsp3) is 0.0213. The Kier molecular flexibility index (Phi) is 7.29. The van der Waals surface area contributed by atoms with Crippen LogP contribution in [-0.4, -0.2) is 11.8 Å². The Morgan fingerprint density at radius 3 is 1.18 bits per heavy atom. The van der Waals surface area contributed by atoms with Crippen LogP contribution in [0.2, 0.25) is 0 Å². The Labute approximate surface area is 296 Å². The third-order valence-corrected chi connectivity index (χ3v) is 10.1. The van der Waals surface area contributed by atoms with Gasteiger partial charge < -0.3 is 10.6 Å². The van der Waals surface area contributed by atoms with Crippen LogP contribution in [0.25, 0.3) is 32.7 Å². The van der Waals surface area contributed by atoms with Crippen molar-refractivity contribution in [2.75, 3.05) is 10.6 Å². The largest absolute Gasteiger partial charge is 0.322 e. The number of carbonyl (C=O) groups is 2. The molecule has 0 aromatic heterocycles. The molecule has 9 rings (SSSR count). The molecule has 1 aliphatic rings. The Bertz CT molecular complexity index is 2440. The predicted octanol–water partition coefficient (Wildman–Crippen LogP) is 10.9. The minimum Gasteiger partial charge on any atom is -0.322 e. The number of nitrogens with one attached hydrogen (secondary N) is 2. The summed E-state index contributed by atoms with van der Waals surface area (Å²) in [6.07, 6.45) is 0. The zero-order chi connectivity index (χ0) is 34.4. The molecule has 0 saturated heterocycles. The third kappa shape index (κ3) is 5.17. The summed E-state index contributed by atoms with van der Waals surface area (Å²) in [5.41, 5.74) is 8.96. The Morgan fingerprint density at radius 1 is 0.373 bits per heavy atom.